The molecule has 0 radical (unpaired) electrons. The minimum atomic E-state index is -0.861. The van der Waals surface area contributed by atoms with Crippen LogP contribution in [0.15, 0.2) is 53.6 Å². The van der Waals surface area contributed by atoms with E-state index < -0.39 is 11.9 Å². The van der Waals surface area contributed by atoms with Gasteiger partial charge in [-0.2, -0.15) is 10.5 Å². The molecule has 0 bridgehead atoms. The molecule has 0 saturated heterocycles. The van der Waals surface area contributed by atoms with E-state index in [0.29, 0.717) is 23.5 Å². The van der Waals surface area contributed by atoms with Crippen molar-refractivity contribution in [3.05, 3.63) is 64.7 Å². The lowest BCUT2D eigenvalue weighted by atomic mass is 10.1. The summed E-state index contributed by atoms with van der Waals surface area (Å²) in [6.07, 6.45) is 3.63. The van der Waals surface area contributed by atoms with Crippen LogP contribution in [0.2, 0.25) is 0 Å². The van der Waals surface area contributed by atoms with Gasteiger partial charge in [-0.15, -0.1) is 0 Å². The molecule has 0 amide bonds. The monoisotopic (exact) mass is 460 g/mol. The summed E-state index contributed by atoms with van der Waals surface area (Å²) < 4.78 is 21.0. The second-order valence-electron chi connectivity index (χ2n) is 6.78. The number of nitriles is 2. The molecule has 0 atom stereocenters. The van der Waals surface area contributed by atoms with Gasteiger partial charge in [0.1, 0.15) is 29.0 Å². The molecule has 0 aliphatic carbocycles. The quantitative estimate of drug-likeness (QED) is 0.221. The van der Waals surface area contributed by atoms with Gasteiger partial charge in [0.25, 0.3) is 0 Å². The van der Waals surface area contributed by atoms with E-state index >= 15 is 0 Å². The lowest BCUT2D eigenvalue weighted by Gasteiger charge is -2.10. The Balaban J connectivity index is 2.22. The van der Waals surface area contributed by atoms with E-state index in [1.165, 1.54) is 37.5 Å². The molecule has 0 heterocycles. The fourth-order valence-corrected chi connectivity index (χ4v) is 2.71. The van der Waals surface area contributed by atoms with Crippen molar-refractivity contribution >= 4 is 24.1 Å². The van der Waals surface area contributed by atoms with E-state index in [1.807, 2.05) is 13.0 Å². The number of methoxy groups -OCH3 is 1. The molecular formula is C26H24N2O6. The van der Waals surface area contributed by atoms with Gasteiger partial charge in [-0.1, -0.05) is 25.1 Å². The van der Waals surface area contributed by atoms with Gasteiger partial charge in [0, 0.05) is 0 Å². The fraction of sp³-hybridized carbons (Fsp3) is 0.231. The highest BCUT2D eigenvalue weighted by Crippen LogP contribution is 2.30. The second kappa shape index (κ2) is 13.1. The van der Waals surface area contributed by atoms with Gasteiger partial charge in [0.05, 0.1) is 20.3 Å². The molecule has 2 aromatic rings. The van der Waals surface area contributed by atoms with Gasteiger partial charge in [-0.3, -0.25) is 0 Å². The molecule has 0 unspecified atom stereocenters. The van der Waals surface area contributed by atoms with Crippen LogP contribution < -0.4 is 14.2 Å². The molecule has 174 valence electrons. The number of hydrogen-bond donors (Lipinski definition) is 0. The third-order valence-corrected chi connectivity index (χ3v) is 4.32. The number of ether oxygens (including phenoxy) is 4. The van der Waals surface area contributed by atoms with Gasteiger partial charge >= 0.3 is 11.9 Å². The highest BCUT2D eigenvalue weighted by atomic mass is 16.6. The number of rotatable bonds is 10. The van der Waals surface area contributed by atoms with Crippen LogP contribution in [0, 0.1) is 22.7 Å². The summed E-state index contributed by atoms with van der Waals surface area (Å²) in [5.41, 5.74) is 0.701. The molecular weight excluding hydrogens is 436 g/mol. The molecule has 0 fully saturated rings. The van der Waals surface area contributed by atoms with Gasteiger partial charge < -0.3 is 18.9 Å². The first-order valence-corrected chi connectivity index (χ1v) is 10.5. The molecule has 2 rings (SSSR count). The van der Waals surface area contributed by atoms with E-state index in [0.717, 1.165) is 6.42 Å². The zero-order chi connectivity index (χ0) is 24.9. The molecule has 0 N–H and O–H groups in total. The molecule has 0 spiro atoms. The smallest absolute Gasteiger partial charge is 0.354 e. The van der Waals surface area contributed by atoms with Crippen molar-refractivity contribution in [2.75, 3.05) is 20.3 Å². The Morgan fingerprint density at radius 3 is 2.09 bits per heavy atom. The first-order valence-electron chi connectivity index (χ1n) is 10.5. The summed E-state index contributed by atoms with van der Waals surface area (Å²) in [4.78, 5) is 24.4. The minimum Gasteiger partial charge on any atom is -0.494 e. The van der Waals surface area contributed by atoms with Crippen LogP contribution >= 0.6 is 0 Å². The van der Waals surface area contributed by atoms with Crippen LogP contribution in [0.4, 0.5) is 0 Å². The maximum Gasteiger partial charge on any atom is 0.354 e. The van der Waals surface area contributed by atoms with Crippen molar-refractivity contribution in [1.29, 1.82) is 10.5 Å². The standard InChI is InChI=1S/C26H24N2O6/c1-4-12-33-22-9-6-18(7-10-22)13-21(17-28)26(30)34-23-11-8-19(15-24(23)31-3)14-20(16-27)25(29)32-5-2/h6-11,13-15H,4-5,12H2,1-3H3/b20-14+,21-13+. The summed E-state index contributed by atoms with van der Waals surface area (Å²) in [6.45, 7) is 4.39. The van der Waals surface area contributed by atoms with Crippen LogP contribution in [0.25, 0.3) is 12.2 Å². The first kappa shape index (κ1) is 25.7. The average molecular weight is 460 g/mol. The zero-order valence-electron chi connectivity index (χ0n) is 19.2. The third kappa shape index (κ3) is 7.25. The van der Waals surface area contributed by atoms with Gasteiger partial charge in [0.2, 0.25) is 0 Å². The summed E-state index contributed by atoms with van der Waals surface area (Å²) in [7, 11) is 1.37. The summed E-state index contributed by atoms with van der Waals surface area (Å²) in [5.74, 6) is -0.656. The van der Waals surface area contributed by atoms with Crippen LogP contribution in [-0.4, -0.2) is 32.3 Å². The topological polar surface area (TPSA) is 119 Å². The van der Waals surface area contributed by atoms with Crippen molar-refractivity contribution in [2.24, 2.45) is 0 Å². The molecule has 8 heteroatoms. The number of benzene rings is 2. The number of esters is 2. The molecule has 8 nitrogen and oxygen atoms in total. The van der Waals surface area contributed by atoms with Gasteiger partial charge in [-0.25, -0.2) is 9.59 Å². The average Bonchev–Trinajstić information content (AvgIpc) is 2.85. The van der Waals surface area contributed by atoms with E-state index in [1.54, 1.807) is 37.3 Å². The first-order chi connectivity index (χ1) is 16.4. The largest absolute Gasteiger partial charge is 0.494 e. The third-order valence-electron chi connectivity index (χ3n) is 4.32. The molecule has 0 aliphatic heterocycles. The highest BCUT2D eigenvalue weighted by Gasteiger charge is 2.16. The minimum absolute atomic E-state index is 0.0729. The Bertz CT molecular complexity index is 1170. The van der Waals surface area contributed by atoms with Crippen molar-refractivity contribution in [3.8, 4) is 29.4 Å². The second-order valence-corrected chi connectivity index (χ2v) is 6.78. The van der Waals surface area contributed by atoms with E-state index in [9.17, 15) is 20.1 Å². The van der Waals surface area contributed by atoms with Gasteiger partial charge in [0.15, 0.2) is 11.5 Å². The zero-order valence-corrected chi connectivity index (χ0v) is 19.2. The van der Waals surface area contributed by atoms with Crippen LogP contribution in [0.3, 0.4) is 0 Å². The predicted octanol–water partition coefficient (Wildman–Crippen LogP) is 4.47. The maximum atomic E-state index is 12.6. The summed E-state index contributed by atoms with van der Waals surface area (Å²) in [5, 5.41) is 18.6. The SMILES string of the molecule is CCCOc1ccc(/C=C(\C#N)C(=O)Oc2ccc(/C=C(\C#N)C(=O)OCC)cc2OC)cc1. The van der Waals surface area contributed by atoms with Crippen LogP contribution in [0.1, 0.15) is 31.4 Å². The van der Waals surface area contributed by atoms with Gasteiger partial charge in [-0.05, 0) is 60.9 Å². The Morgan fingerprint density at radius 1 is 0.882 bits per heavy atom. The number of carbonyl (C=O) groups excluding carboxylic acids is 2. The fourth-order valence-electron chi connectivity index (χ4n) is 2.71. The number of carbonyl (C=O) groups is 2. The Morgan fingerprint density at radius 2 is 1.50 bits per heavy atom. The number of nitrogens with zero attached hydrogens (tertiary/aromatic N) is 2. The van der Waals surface area contributed by atoms with Crippen molar-refractivity contribution in [3.63, 3.8) is 0 Å². The lowest BCUT2D eigenvalue weighted by molar-refractivity contribution is -0.138. The maximum absolute atomic E-state index is 12.6. The Kier molecular flexibility index (Phi) is 9.90. The molecule has 0 aliphatic rings. The molecule has 34 heavy (non-hydrogen) atoms. The van der Waals surface area contributed by atoms with Crippen molar-refractivity contribution in [2.45, 2.75) is 20.3 Å². The number of hydrogen-bond acceptors (Lipinski definition) is 8. The van der Waals surface area contributed by atoms with Crippen LogP contribution in [-0.2, 0) is 14.3 Å². The molecule has 0 aromatic heterocycles. The Labute approximate surface area is 198 Å². The van der Waals surface area contributed by atoms with Crippen molar-refractivity contribution in [1.82, 2.24) is 0 Å². The predicted molar refractivity (Wildman–Crippen MR) is 125 cm³/mol. The normalized spacial score (nSPS) is 11.1. The molecule has 0 saturated carbocycles. The summed E-state index contributed by atoms with van der Waals surface area (Å²) >= 11 is 0. The van der Waals surface area contributed by atoms with E-state index in [4.69, 9.17) is 18.9 Å². The lowest BCUT2D eigenvalue weighted by Crippen LogP contribution is -2.11. The van der Waals surface area contributed by atoms with Crippen molar-refractivity contribution < 1.29 is 28.5 Å². The summed E-state index contributed by atoms with van der Waals surface area (Å²) in [6, 6.07) is 15.1. The molecule has 2 aromatic carbocycles. The van der Waals surface area contributed by atoms with E-state index in [2.05, 4.69) is 0 Å². The van der Waals surface area contributed by atoms with Crippen LogP contribution in [0.5, 0.6) is 17.2 Å². The Hall–Kier alpha value is -4.56. The highest BCUT2D eigenvalue weighted by molar-refractivity contribution is 5.99. The van der Waals surface area contributed by atoms with E-state index in [-0.39, 0.29) is 29.3 Å².